The van der Waals surface area contributed by atoms with Crippen LogP contribution in [-0.2, 0) is 4.74 Å². The maximum atomic E-state index is 12.3. The molecule has 7 nitrogen and oxygen atoms in total. The Hall–Kier alpha value is -2.93. The van der Waals surface area contributed by atoms with E-state index in [0.29, 0.717) is 31.3 Å². The quantitative estimate of drug-likeness (QED) is 0.732. The van der Waals surface area contributed by atoms with Crippen LogP contribution in [-0.4, -0.2) is 45.7 Å². The van der Waals surface area contributed by atoms with E-state index in [-0.39, 0.29) is 12.8 Å². The van der Waals surface area contributed by atoms with Crippen molar-refractivity contribution in [2.24, 2.45) is 0 Å². The lowest BCUT2D eigenvalue weighted by Gasteiger charge is -2.30. The molecular weight excluding hydrogens is 346 g/mol. The third-order valence-corrected chi connectivity index (χ3v) is 4.11. The van der Waals surface area contributed by atoms with E-state index in [2.05, 4.69) is 15.5 Å². The molecule has 2 aromatic carbocycles. The highest BCUT2D eigenvalue weighted by Gasteiger charge is 2.15. The first-order chi connectivity index (χ1) is 13.3. The number of benzene rings is 2. The predicted molar refractivity (Wildman–Crippen MR) is 105 cm³/mol. The molecule has 1 heterocycles. The minimum absolute atomic E-state index is 0.0373. The van der Waals surface area contributed by atoms with Crippen LogP contribution in [0.1, 0.15) is 6.92 Å². The summed E-state index contributed by atoms with van der Waals surface area (Å²) in [5.74, 6) is 1.24. The third-order valence-electron chi connectivity index (χ3n) is 4.11. The molecule has 0 atom stereocenters. The number of hydrogen-bond acceptors (Lipinski definition) is 5. The molecule has 0 spiro atoms. The Morgan fingerprint density at radius 2 is 1.70 bits per heavy atom. The van der Waals surface area contributed by atoms with Crippen LogP contribution in [0.4, 0.5) is 16.2 Å². The zero-order valence-electron chi connectivity index (χ0n) is 15.4. The van der Waals surface area contributed by atoms with Gasteiger partial charge < -0.3 is 29.7 Å². The lowest BCUT2D eigenvalue weighted by Crippen LogP contribution is -2.37. The fourth-order valence-electron chi connectivity index (χ4n) is 2.85. The number of carbonyl (C=O) groups is 1. The van der Waals surface area contributed by atoms with Gasteiger partial charge in [0.1, 0.15) is 0 Å². The molecule has 1 fully saturated rings. The molecule has 0 unspecified atom stereocenters. The summed E-state index contributed by atoms with van der Waals surface area (Å²) in [5, 5.41) is 5.60. The number of urea groups is 1. The normalized spacial score (nSPS) is 13.7. The number of nitrogens with zero attached hydrogens (tertiary/aromatic N) is 1. The predicted octanol–water partition coefficient (Wildman–Crippen LogP) is 3.08. The van der Waals surface area contributed by atoms with Crippen molar-refractivity contribution in [3.05, 3.63) is 48.5 Å². The standard InChI is InChI=1S/C20H25N3O4/c1-2-26-18-9-5-6-10-19(18)27-15-21-20(24)22-16-7-3-4-8-17(16)23-11-13-25-14-12-23/h3-10H,2,11-15H2,1H3,(H2,21,22,24). The van der Waals surface area contributed by atoms with E-state index >= 15 is 0 Å². The largest absolute Gasteiger partial charge is 0.490 e. The van der Waals surface area contributed by atoms with Gasteiger partial charge in [0.05, 0.1) is 31.2 Å². The molecule has 3 rings (SSSR count). The molecule has 0 bridgehead atoms. The SMILES string of the molecule is CCOc1ccccc1OCNC(=O)Nc1ccccc1N1CCOCC1. The highest BCUT2D eigenvalue weighted by molar-refractivity contribution is 5.93. The van der Waals surface area contributed by atoms with Crippen LogP contribution in [0.15, 0.2) is 48.5 Å². The van der Waals surface area contributed by atoms with E-state index in [9.17, 15) is 4.79 Å². The number of nitrogens with one attached hydrogen (secondary N) is 2. The molecule has 7 heteroatoms. The maximum Gasteiger partial charge on any atom is 0.321 e. The van der Waals surface area contributed by atoms with Crippen molar-refractivity contribution in [3.63, 3.8) is 0 Å². The Balaban J connectivity index is 1.54. The first-order valence-corrected chi connectivity index (χ1v) is 9.09. The third kappa shape index (κ3) is 5.27. The van der Waals surface area contributed by atoms with Gasteiger partial charge in [-0.2, -0.15) is 0 Å². The smallest absolute Gasteiger partial charge is 0.321 e. The minimum atomic E-state index is -0.329. The number of amides is 2. The molecule has 1 saturated heterocycles. The molecule has 2 N–H and O–H groups in total. The Morgan fingerprint density at radius 3 is 2.44 bits per heavy atom. The summed E-state index contributed by atoms with van der Waals surface area (Å²) >= 11 is 0. The van der Waals surface area contributed by atoms with Gasteiger partial charge in [-0.25, -0.2) is 4.79 Å². The van der Waals surface area contributed by atoms with Crippen molar-refractivity contribution in [2.45, 2.75) is 6.92 Å². The van der Waals surface area contributed by atoms with Crippen molar-refractivity contribution < 1.29 is 19.0 Å². The summed E-state index contributed by atoms with van der Waals surface area (Å²) in [4.78, 5) is 14.5. The van der Waals surface area contributed by atoms with Crippen LogP contribution in [0.5, 0.6) is 11.5 Å². The number of anilines is 2. The van der Waals surface area contributed by atoms with Gasteiger partial charge in [-0.15, -0.1) is 0 Å². The summed E-state index contributed by atoms with van der Waals surface area (Å²) in [6.07, 6.45) is 0. The zero-order valence-corrected chi connectivity index (χ0v) is 15.4. The Kier molecular flexibility index (Phi) is 6.76. The summed E-state index contributed by atoms with van der Waals surface area (Å²) < 4.78 is 16.5. The van der Waals surface area contributed by atoms with Crippen molar-refractivity contribution in [1.82, 2.24) is 5.32 Å². The van der Waals surface area contributed by atoms with Crippen molar-refractivity contribution >= 4 is 17.4 Å². The summed E-state index contributed by atoms with van der Waals surface area (Å²) in [6.45, 7) is 5.48. The molecule has 0 saturated carbocycles. The second-order valence-electron chi connectivity index (χ2n) is 5.92. The number of para-hydroxylation sites is 4. The molecule has 144 valence electrons. The second kappa shape index (κ2) is 9.68. The molecule has 2 aromatic rings. The molecule has 0 aliphatic carbocycles. The molecular formula is C20H25N3O4. The fraction of sp³-hybridized carbons (Fsp3) is 0.350. The van der Waals surface area contributed by atoms with Gasteiger partial charge in [0.2, 0.25) is 0 Å². The van der Waals surface area contributed by atoms with Gasteiger partial charge in [-0.05, 0) is 31.2 Å². The molecule has 0 radical (unpaired) electrons. The molecule has 0 aromatic heterocycles. The minimum Gasteiger partial charge on any atom is -0.490 e. The highest BCUT2D eigenvalue weighted by Crippen LogP contribution is 2.27. The Morgan fingerprint density at radius 1 is 1.04 bits per heavy atom. The van der Waals surface area contributed by atoms with Crippen LogP contribution in [0.3, 0.4) is 0 Å². The Bertz CT molecular complexity index is 748. The van der Waals surface area contributed by atoms with Gasteiger partial charge in [0, 0.05) is 13.1 Å². The van der Waals surface area contributed by atoms with Gasteiger partial charge in [0.25, 0.3) is 0 Å². The van der Waals surface area contributed by atoms with E-state index in [0.717, 1.165) is 24.5 Å². The van der Waals surface area contributed by atoms with E-state index in [1.165, 1.54) is 0 Å². The van der Waals surface area contributed by atoms with Crippen molar-refractivity contribution in [2.75, 3.05) is 49.9 Å². The average molecular weight is 371 g/mol. The summed E-state index contributed by atoms with van der Waals surface area (Å²) in [7, 11) is 0. The summed E-state index contributed by atoms with van der Waals surface area (Å²) in [6, 6.07) is 14.8. The highest BCUT2D eigenvalue weighted by atomic mass is 16.5. The maximum absolute atomic E-state index is 12.3. The van der Waals surface area contributed by atoms with E-state index < -0.39 is 0 Å². The van der Waals surface area contributed by atoms with Crippen LogP contribution < -0.4 is 25.0 Å². The number of ether oxygens (including phenoxy) is 3. The van der Waals surface area contributed by atoms with Crippen molar-refractivity contribution in [3.8, 4) is 11.5 Å². The molecule has 27 heavy (non-hydrogen) atoms. The fourth-order valence-corrected chi connectivity index (χ4v) is 2.85. The monoisotopic (exact) mass is 371 g/mol. The lowest BCUT2D eigenvalue weighted by atomic mass is 10.2. The number of hydrogen-bond donors (Lipinski definition) is 2. The van der Waals surface area contributed by atoms with Gasteiger partial charge in [-0.1, -0.05) is 24.3 Å². The first-order valence-electron chi connectivity index (χ1n) is 9.09. The summed E-state index contributed by atoms with van der Waals surface area (Å²) in [5.41, 5.74) is 1.74. The number of morpholine rings is 1. The number of rotatable bonds is 7. The molecule has 1 aliphatic rings. The lowest BCUT2D eigenvalue weighted by molar-refractivity contribution is 0.123. The van der Waals surface area contributed by atoms with E-state index in [4.69, 9.17) is 14.2 Å². The average Bonchev–Trinajstić information content (AvgIpc) is 2.70. The van der Waals surface area contributed by atoms with Crippen LogP contribution in [0.25, 0.3) is 0 Å². The number of carbonyl (C=O) groups excluding carboxylic acids is 1. The first kappa shape index (κ1) is 18.8. The van der Waals surface area contributed by atoms with Gasteiger partial charge in [0.15, 0.2) is 18.2 Å². The van der Waals surface area contributed by atoms with Gasteiger partial charge in [-0.3, -0.25) is 0 Å². The second-order valence-corrected chi connectivity index (χ2v) is 5.92. The van der Waals surface area contributed by atoms with Crippen LogP contribution >= 0.6 is 0 Å². The molecule has 2 amide bonds. The zero-order chi connectivity index (χ0) is 18.9. The van der Waals surface area contributed by atoms with E-state index in [1.54, 1.807) is 6.07 Å². The van der Waals surface area contributed by atoms with Crippen LogP contribution in [0.2, 0.25) is 0 Å². The topological polar surface area (TPSA) is 72.1 Å². The van der Waals surface area contributed by atoms with Gasteiger partial charge >= 0.3 is 6.03 Å². The van der Waals surface area contributed by atoms with Crippen LogP contribution in [0, 0.1) is 0 Å². The van der Waals surface area contributed by atoms with E-state index in [1.807, 2.05) is 49.4 Å². The van der Waals surface area contributed by atoms with Crippen molar-refractivity contribution in [1.29, 1.82) is 0 Å². The molecule has 1 aliphatic heterocycles. The Labute approximate surface area is 159 Å².